The van der Waals surface area contributed by atoms with Crippen LogP contribution in [0.5, 0.6) is 0 Å². The van der Waals surface area contributed by atoms with E-state index in [1.54, 1.807) is 0 Å². The summed E-state index contributed by atoms with van der Waals surface area (Å²) < 4.78 is 38.2. The molecular formula is C23H23BrF3P. The van der Waals surface area contributed by atoms with Gasteiger partial charge in [-0.2, -0.15) is 0 Å². The van der Waals surface area contributed by atoms with Gasteiger partial charge in [0.05, 0.1) is 0 Å². The van der Waals surface area contributed by atoms with Gasteiger partial charge in [-0.25, -0.2) is 0 Å². The third-order valence-corrected chi connectivity index (χ3v) is 15.2. The molecule has 0 saturated heterocycles. The summed E-state index contributed by atoms with van der Waals surface area (Å²) in [5.74, 6) is 0. The van der Waals surface area contributed by atoms with Crippen molar-refractivity contribution < 1.29 is 13.2 Å². The Morgan fingerprint density at radius 3 is 1.29 bits per heavy atom. The predicted molar refractivity (Wildman–Crippen MR) is 119 cm³/mol. The summed E-state index contributed by atoms with van der Waals surface area (Å²) in [6, 6.07) is 30.5. The predicted octanol–water partition coefficient (Wildman–Crippen LogP) is 6.56. The van der Waals surface area contributed by atoms with E-state index in [1.165, 1.54) is 0 Å². The van der Waals surface area contributed by atoms with Crippen molar-refractivity contribution in [1.29, 1.82) is 0 Å². The molecule has 0 spiro atoms. The summed E-state index contributed by atoms with van der Waals surface area (Å²) in [6.45, 7) is 0. The molecule has 28 heavy (non-hydrogen) atoms. The van der Waals surface area contributed by atoms with Gasteiger partial charge < -0.3 is 0 Å². The molecule has 5 heteroatoms. The van der Waals surface area contributed by atoms with E-state index in [0.29, 0.717) is 12.6 Å². The van der Waals surface area contributed by atoms with E-state index in [0.717, 1.165) is 15.9 Å². The number of benzene rings is 3. The topological polar surface area (TPSA) is 0 Å². The fourth-order valence-corrected chi connectivity index (χ4v) is 11.5. The van der Waals surface area contributed by atoms with Crippen molar-refractivity contribution in [3.8, 4) is 0 Å². The third-order valence-electron chi connectivity index (χ3n) is 5.17. The van der Waals surface area contributed by atoms with Crippen molar-refractivity contribution in [2.24, 2.45) is 0 Å². The van der Waals surface area contributed by atoms with Crippen LogP contribution in [-0.2, 0) is 0 Å². The molecule has 0 aliphatic heterocycles. The molecule has 0 aliphatic carbocycles. The normalized spacial score (nSPS) is 13.6. The van der Waals surface area contributed by atoms with E-state index in [-0.39, 0.29) is 6.42 Å². The first-order chi connectivity index (χ1) is 13.3. The van der Waals surface area contributed by atoms with Crippen LogP contribution in [0, 0.1) is 0 Å². The van der Waals surface area contributed by atoms with E-state index in [9.17, 15) is 13.2 Å². The molecule has 0 unspecified atom stereocenters. The van der Waals surface area contributed by atoms with Crippen molar-refractivity contribution >= 4 is 36.7 Å². The number of hydrogen-bond acceptors (Lipinski definition) is 0. The van der Waals surface area contributed by atoms with E-state index < -0.39 is 17.9 Å². The third kappa shape index (κ3) is 4.18. The minimum absolute atomic E-state index is 0.125. The van der Waals surface area contributed by atoms with Crippen LogP contribution >= 0.6 is 20.8 Å². The number of alkyl halides is 3. The van der Waals surface area contributed by atoms with E-state index in [4.69, 9.17) is 0 Å². The zero-order chi connectivity index (χ0) is 20.1. The Morgan fingerprint density at radius 1 is 0.607 bits per heavy atom. The van der Waals surface area contributed by atoms with Crippen LogP contribution in [-0.4, -0.2) is 12.3 Å². The van der Waals surface area contributed by atoms with E-state index in [2.05, 4.69) is 51.9 Å². The molecule has 0 aliphatic rings. The first-order valence-electron chi connectivity index (χ1n) is 9.31. The molecular weight excluding hydrogens is 444 g/mol. The fourth-order valence-electron chi connectivity index (χ4n) is 3.79. The number of hydrogen-bond donors (Lipinski definition) is 0. The van der Waals surface area contributed by atoms with Gasteiger partial charge in [-0.1, -0.05) is 0 Å². The van der Waals surface area contributed by atoms with Crippen LogP contribution < -0.4 is 15.9 Å². The summed E-state index contributed by atoms with van der Waals surface area (Å²) in [6.07, 6.45) is -3.61. The molecule has 0 radical (unpaired) electrons. The molecule has 0 amide bonds. The second kappa shape index (κ2) is 8.39. The van der Waals surface area contributed by atoms with Gasteiger partial charge in [-0.15, -0.1) is 0 Å². The molecule has 148 valence electrons. The Labute approximate surface area is 172 Å². The molecule has 0 bridgehead atoms. The van der Waals surface area contributed by atoms with E-state index >= 15 is 0 Å². The average molecular weight is 467 g/mol. The van der Waals surface area contributed by atoms with Gasteiger partial charge >= 0.3 is 172 Å². The molecule has 3 aromatic rings. The molecule has 0 atom stereocenters. The summed E-state index contributed by atoms with van der Waals surface area (Å²) in [5, 5.41) is 0.324. The second-order valence-corrected chi connectivity index (χ2v) is 16.0. The van der Waals surface area contributed by atoms with Gasteiger partial charge in [-0.05, 0) is 0 Å². The van der Waals surface area contributed by atoms with Gasteiger partial charge in [0.25, 0.3) is 0 Å². The quantitative estimate of drug-likeness (QED) is 0.273. The van der Waals surface area contributed by atoms with Gasteiger partial charge in [0.1, 0.15) is 0 Å². The van der Waals surface area contributed by atoms with Gasteiger partial charge in [0, 0.05) is 0 Å². The van der Waals surface area contributed by atoms with Crippen molar-refractivity contribution in [3.63, 3.8) is 0 Å². The zero-order valence-electron chi connectivity index (χ0n) is 15.4. The maximum absolute atomic E-state index is 12.7. The maximum atomic E-state index is 12.7. The fraction of sp³-hybridized carbons (Fsp3) is 0.217. The Hall–Kier alpha value is -1.64. The molecule has 0 fully saturated rings. The summed E-state index contributed by atoms with van der Waals surface area (Å²) >= 11 is 4.25. The van der Waals surface area contributed by atoms with Crippen LogP contribution in [0.4, 0.5) is 13.2 Å². The molecule has 0 N–H and O–H groups in total. The first-order valence-corrected chi connectivity index (χ1v) is 13.7. The van der Waals surface area contributed by atoms with Gasteiger partial charge in [0.2, 0.25) is 0 Å². The van der Waals surface area contributed by atoms with Crippen LogP contribution in [0.15, 0.2) is 91.0 Å². The van der Waals surface area contributed by atoms with Crippen LogP contribution in [0.25, 0.3) is 0 Å². The van der Waals surface area contributed by atoms with Crippen LogP contribution in [0.1, 0.15) is 19.3 Å². The molecule has 0 saturated carbocycles. The van der Waals surface area contributed by atoms with Crippen molar-refractivity contribution in [2.75, 3.05) is 6.16 Å². The van der Waals surface area contributed by atoms with Gasteiger partial charge in [0.15, 0.2) is 0 Å². The number of rotatable bonds is 7. The van der Waals surface area contributed by atoms with E-state index in [1.807, 2.05) is 54.6 Å². The van der Waals surface area contributed by atoms with Gasteiger partial charge in [-0.3, -0.25) is 0 Å². The van der Waals surface area contributed by atoms with Crippen molar-refractivity contribution in [2.45, 2.75) is 25.4 Å². The zero-order valence-corrected chi connectivity index (χ0v) is 17.9. The van der Waals surface area contributed by atoms with Crippen molar-refractivity contribution in [1.82, 2.24) is 0 Å². The summed E-state index contributed by atoms with van der Waals surface area (Å²) in [7, 11) is 0. The molecule has 3 aromatic carbocycles. The number of unbranched alkanes of at least 4 members (excludes halogenated alkanes) is 1. The first kappa shape index (κ1) is 21.1. The Morgan fingerprint density at radius 2 is 0.964 bits per heavy atom. The molecule has 0 aromatic heterocycles. The monoisotopic (exact) mass is 466 g/mol. The molecule has 0 nitrogen and oxygen atoms in total. The summed E-state index contributed by atoms with van der Waals surface area (Å²) in [4.78, 5) is 0. The minimum atomic E-state index is -4.12. The van der Waals surface area contributed by atoms with Crippen LogP contribution in [0.3, 0.4) is 0 Å². The SMILES string of the molecule is FC(F)(F)CCCCP(Br)(c1ccccc1)(c1ccccc1)c1ccccc1. The average Bonchev–Trinajstić information content (AvgIpc) is 2.72. The molecule has 3 rings (SSSR count). The Kier molecular flexibility index (Phi) is 6.31. The molecule has 0 heterocycles. The Balaban J connectivity index is 2.16. The number of halogens is 4. The standard InChI is InChI=1S/C23H23BrF3P/c24-28(20-12-4-1-5-13-20,21-14-6-2-7-15-21,22-16-8-3-9-17-22)19-11-10-18-23(25,26)27/h1-9,12-17H,10-11,18-19H2. The van der Waals surface area contributed by atoms with Crippen molar-refractivity contribution in [3.05, 3.63) is 91.0 Å². The van der Waals surface area contributed by atoms with Crippen LogP contribution in [0.2, 0.25) is 0 Å². The summed E-state index contributed by atoms with van der Waals surface area (Å²) in [5.41, 5.74) is 0. The second-order valence-electron chi connectivity index (χ2n) is 6.99. The Bertz CT molecular complexity index is 781.